The van der Waals surface area contributed by atoms with Gasteiger partial charge < -0.3 is 9.84 Å². The molecule has 0 saturated heterocycles. The fourth-order valence-corrected chi connectivity index (χ4v) is 3.04. The molecule has 0 unspecified atom stereocenters. The van der Waals surface area contributed by atoms with Crippen molar-refractivity contribution in [2.24, 2.45) is 0 Å². The smallest absolute Gasteiger partial charge is 0.311 e. The van der Waals surface area contributed by atoms with Crippen LogP contribution >= 0.6 is 0 Å². The van der Waals surface area contributed by atoms with Crippen molar-refractivity contribution in [1.29, 1.82) is 0 Å². The SMILES string of the molecule is CCCCCCCCC=CCCCCCCCC(=O)Oc1ccc(O)cc1. The van der Waals surface area contributed by atoms with Gasteiger partial charge in [-0.2, -0.15) is 0 Å². The summed E-state index contributed by atoms with van der Waals surface area (Å²) in [5, 5.41) is 9.20. The quantitative estimate of drug-likeness (QED) is 0.142. The lowest BCUT2D eigenvalue weighted by Crippen LogP contribution is -2.07. The zero-order valence-electron chi connectivity index (χ0n) is 17.1. The highest BCUT2D eigenvalue weighted by Gasteiger charge is 2.04. The van der Waals surface area contributed by atoms with Crippen molar-refractivity contribution >= 4 is 5.97 Å². The summed E-state index contributed by atoms with van der Waals surface area (Å²) in [7, 11) is 0. The number of unbranched alkanes of at least 4 members (excludes halogenated alkanes) is 11. The zero-order valence-corrected chi connectivity index (χ0v) is 17.1. The van der Waals surface area contributed by atoms with Crippen molar-refractivity contribution in [1.82, 2.24) is 0 Å². The molecule has 27 heavy (non-hydrogen) atoms. The van der Waals surface area contributed by atoms with Gasteiger partial charge in [-0.3, -0.25) is 4.79 Å². The third-order valence-corrected chi connectivity index (χ3v) is 4.71. The van der Waals surface area contributed by atoms with Crippen LogP contribution < -0.4 is 4.74 Å². The molecule has 0 bridgehead atoms. The number of carbonyl (C=O) groups is 1. The molecule has 1 aromatic rings. The first-order chi connectivity index (χ1) is 13.2. The summed E-state index contributed by atoms with van der Waals surface area (Å²) in [4.78, 5) is 11.7. The van der Waals surface area contributed by atoms with Crippen LogP contribution in [0.1, 0.15) is 96.8 Å². The minimum atomic E-state index is -0.196. The average Bonchev–Trinajstić information content (AvgIpc) is 2.66. The predicted octanol–water partition coefficient (Wildman–Crippen LogP) is 7.34. The van der Waals surface area contributed by atoms with Gasteiger partial charge in [-0.15, -0.1) is 0 Å². The van der Waals surface area contributed by atoms with E-state index in [1.54, 1.807) is 12.1 Å². The minimum Gasteiger partial charge on any atom is -0.508 e. The number of benzene rings is 1. The lowest BCUT2D eigenvalue weighted by atomic mass is 10.1. The molecule has 1 rings (SSSR count). The van der Waals surface area contributed by atoms with E-state index in [1.807, 2.05) is 0 Å². The summed E-state index contributed by atoms with van der Waals surface area (Å²) >= 11 is 0. The highest BCUT2D eigenvalue weighted by Crippen LogP contribution is 2.17. The first kappa shape index (κ1) is 23.3. The second kappa shape index (κ2) is 16.4. The van der Waals surface area contributed by atoms with Crippen molar-refractivity contribution in [3.05, 3.63) is 36.4 Å². The number of aromatic hydroxyl groups is 1. The molecular weight excluding hydrogens is 336 g/mol. The molecule has 0 aliphatic rings. The second-order valence-electron chi connectivity index (χ2n) is 7.30. The molecule has 3 nitrogen and oxygen atoms in total. The van der Waals surface area contributed by atoms with Crippen LogP contribution in [0.3, 0.4) is 0 Å². The van der Waals surface area contributed by atoms with Crippen LogP contribution in [0, 0.1) is 0 Å². The van der Waals surface area contributed by atoms with Gasteiger partial charge in [0.15, 0.2) is 0 Å². The summed E-state index contributed by atoms with van der Waals surface area (Å²) in [6, 6.07) is 6.25. The van der Waals surface area contributed by atoms with Gasteiger partial charge in [0.1, 0.15) is 11.5 Å². The number of phenols is 1. The van der Waals surface area contributed by atoms with Crippen LogP contribution in [0.2, 0.25) is 0 Å². The Hall–Kier alpha value is -1.77. The van der Waals surface area contributed by atoms with Gasteiger partial charge in [0, 0.05) is 6.42 Å². The van der Waals surface area contributed by atoms with Gasteiger partial charge in [0.25, 0.3) is 0 Å². The van der Waals surface area contributed by atoms with E-state index in [2.05, 4.69) is 19.1 Å². The highest BCUT2D eigenvalue weighted by atomic mass is 16.5. The van der Waals surface area contributed by atoms with E-state index in [9.17, 15) is 9.90 Å². The fraction of sp³-hybridized carbons (Fsp3) is 0.625. The fourth-order valence-electron chi connectivity index (χ4n) is 3.04. The Kier molecular flexibility index (Phi) is 14.1. The number of rotatable bonds is 16. The van der Waals surface area contributed by atoms with Gasteiger partial charge in [0.05, 0.1) is 0 Å². The molecule has 0 radical (unpaired) electrons. The predicted molar refractivity (Wildman–Crippen MR) is 113 cm³/mol. The van der Waals surface area contributed by atoms with Crippen LogP contribution in [-0.2, 0) is 4.79 Å². The lowest BCUT2D eigenvalue weighted by molar-refractivity contribution is -0.134. The van der Waals surface area contributed by atoms with Crippen molar-refractivity contribution in [3.8, 4) is 11.5 Å². The first-order valence-corrected chi connectivity index (χ1v) is 10.9. The van der Waals surface area contributed by atoms with Gasteiger partial charge >= 0.3 is 5.97 Å². The normalized spacial score (nSPS) is 11.1. The number of allylic oxidation sites excluding steroid dienone is 2. The molecule has 0 aliphatic carbocycles. The molecule has 1 N–H and O–H groups in total. The van der Waals surface area contributed by atoms with Gasteiger partial charge in [-0.05, 0) is 56.4 Å². The molecule has 3 heteroatoms. The van der Waals surface area contributed by atoms with E-state index in [-0.39, 0.29) is 11.7 Å². The molecule has 0 spiro atoms. The molecule has 0 amide bonds. The van der Waals surface area contributed by atoms with Crippen LogP contribution in [-0.4, -0.2) is 11.1 Å². The average molecular weight is 375 g/mol. The monoisotopic (exact) mass is 374 g/mol. The van der Waals surface area contributed by atoms with Crippen LogP contribution in [0.15, 0.2) is 36.4 Å². The van der Waals surface area contributed by atoms with Gasteiger partial charge in [0.2, 0.25) is 0 Å². The maximum Gasteiger partial charge on any atom is 0.311 e. The number of phenolic OH excluding ortho intramolecular Hbond substituents is 1. The van der Waals surface area contributed by atoms with Gasteiger partial charge in [-0.1, -0.05) is 70.4 Å². The number of hydrogen-bond acceptors (Lipinski definition) is 3. The first-order valence-electron chi connectivity index (χ1n) is 10.9. The third kappa shape index (κ3) is 14.0. The third-order valence-electron chi connectivity index (χ3n) is 4.71. The maximum atomic E-state index is 11.7. The van der Waals surface area contributed by atoms with Crippen molar-refractivity contribution < 1.29 is 14.6 Å². The highest BCUT2D eigenvalue weighted by molar-refractivity contribution is 5.72. The van der Waals surface area contributed by atoms with E-state index < -0.39 is 0 Å². The molecule has 0 heterocycles. The largest absolute Gasteiger partial charge is 0.508 e. The Morgan fingerprint density at radius 2 is 1.33 bits per heavy atom. The molecule has 0 fully saturated rings. The van der Waals surface area contributed by atoms with Crippen molar-refractivity contribution in [3.63, 3.8) is 0 Å². The molecule has 0 aliphatic heterocycles. The topological polar surface area (TPSA) is 46.5 Å². The maximum absolute atomic E-state index is 11.7. The Morgan fingerprint density at radius 3 is 1.93 bits per heavy atom. The standard InChI is InChI=1S/C24H38O3/c1-2-3-4-5-6-7-8-9-10-11-12-13-14-15-16-17-24(26)27-23-20-18-22(25)19-21-23/h9-10,18-21,25H,2-8,11-17H2,1H3. The van der Waals surface area contributed by atoms with Gasteiger partial charge in [-0.25, -0.2) is 0 Å². The number of hydrogen-bond donors (Lipinski definition) is 1. The molecule has 1 aromatic carbocycles. The lowest BCUT2D eigenvalue weighted by Gasteiger charge is -2.04. The number of ether oxygens (including phenoxy) is 1. The summed E-state index contributed by atoms with van der Waals surface area (Å²) in [5.74, 6) is 0.468. The molecule has 152 valence electrons. The zero-order chi connectivity index (χ0) is 19.6. The number of esters is 1. The summed E-state index contributed by atoms with van der Waals surface area (Å²) < 4.78 is 5.23. The summed E-state index contributed by atoms with van der Waals surface area (Å²) in [6.45, 7) is 2.26. The summed E-state index contributed by atoms with van der Waals surface area (Å²) in [5.41, 5.74) is 0. The Morgan fingerprint density at radius 1 is 0.815 bits per heavy atom. The molecule has 0 aromatic heterocycles. The minimum absolute atomic E-state index is 0.173. The Balaban J connectivity index is 1.86. The van der Waals surface area contributed by atoms with Crippen molar-refractivity contribution in [2.45, 2.75) is 96.8 Å². The molecular formula is C24H38O3. The van der Waals surface area contributed by atoms with Crippen LogP contribution in [0.4, 0.5) is 0 Å². The van der Waals surface area contributed by atoms with E-state index in [0.29, 0.717) is 12.2 Å². The van der Waals surface area contributed by atoms with Crippen LogP contribution in [0.5, 0.6) is 11.5 Å². The molecule has 0 atom stereocenters. The van der Waals surface area contributed by atoms with E-state index in [0.717, 1.165) is 12.8 Å². The van der Waals surface area contributed by atoms with E-state index in [1.165, 1.54) is 82.8 Å². The Labute approximate surface area is 165 Å². The second-order valence-corrected chi connectivity index (χ2v) is 7.30. The summed E-state index contributed by atoms with van der Waals surface area (Å²) in [6.07, 6.45) is 21.4. The number of carbonyl (C=O) groups excluding carboxylic acids is 1. The van der Waals surface area contributed by atoms with E-state index in [4.69, 9.17) is 4.74 Å². The van der Waals surface area contributed by atoms with Crippen molar-refractivity contribution in [2.75, 3.05) is 0 Å². The Bertz CT molecular complexity index is 505. The van der Waals surface area contributed by atoms with E-state index >= 15 is 0 Å². The van der Waals surface area contributed by atoms with Crippen LogP contribution in [0.25, 0.3) is 0 Å². The molecule has 0 saturated carbocycles.